The van der Waals surface area contributed by atoms with E-state index in [-0.39, 0.29) is 5.41 Å². The Morgan fingerprint density at radius 2 is 1.90 bits per heavy atom. The van der Waals surface area contributed by atoms with Crippen LogP contribution in [0.25, 0.3) is 0 Å². The summed E-state index contributed by atoms with van der Waals surface area (Å²) in [6.07, 6.45) is 4.65. The molecule has 1 aliphatic rings. The van der Waals surface area contributed by atoms with Gasteiger partial charge in [-0.3, -0.25) is 0 Å². The van der Waals surface area contributed by atoms with Gasteiger partial charge in [0.05, 0.1) is 4.99 Å². The number of thiocarbonyl (C=S) groups is 1. The summed E-state index contributed by atoms with van der Waals surface area (Å²) in [4.78, 5) is 0.618. The van der Waals surface area contributed by atoms with E-state index in [2.05, 4.69) is 0 Å². The quantitative estimate of drug-likeness (QED) is 0.584. The van der Waals surface area contributed by atoms with Gasteiger partial charge in [0.1, 0.15) is 0 Å². The molecule has 1 aliphatic carbocycles. The fourth-order valence-electron chi connectivity index (χ4n) is 1.60. The van der Waals surface area contributed by atoms with Crippen LogP contribution in [0.4, 0.5) is 0 Å². The number of nitrogens with two attached hydrogens (primary N) is 2. The molecule has 4 N–H and O–H groups in total. The lowest BCUT2D eigenvalue weighted by Gasteiger charge is -2.24. The first-order valence-corrected chi connectivity index (χ1v) is 4.12. The van der Waals surface area contributed by atoms with Gasteiger partial charge in [-0.15, -0.1) is 0 Å². The zero-order valence-electron chi connectivity index (χ0n) is 6.10. The van der Waals surface area contributed by atoms with Gasteiger partial charge in [0.15, 0.2) is 0 Å². The van der Waals surface area contributed by atoms with Gasteiger partial charge < -0.3 is 11.5 Å². The van der Waals surface area contributed by atoms with E-state index in [1.54, 1.807) is 0 Å². The third kappa shape index (κ3) is 1.16. The van der Waals surface area contributed by atoms with Crippen molar-refractivity contribution in [3.05, 3.63) is 0 Å². The number of hydrogen-bond acceptors (Lipinski definition) is 2. The highest BCUT2D eigenvalue weighted by molar-refractivity contribution is 7.80. The molecule has 0 aromatic carbocycles. The van der Waals surface area contributed by atoms with E-state index in [0.29, 0.717) is 11.5 Å². The molecule has 3 heteroatoms. The molecule has 0 unspecified atom stereocenters. The molecule has 0 spiro atoms. The van der Waals surface area contributed by atoms with E-state index in [9.17, 15) is 0 Å². The largest absolute Gasteiger partial charge is 0.393 e. The lowest BCUT2D eigenvalue weighted by atomic mass is 9.86. The second kappa shape index (κ2) is 2.84. The van der Waals surface area contributed by atoms with Crippen molar-refractivity contribution in [1.82, 2.24) is 0 Å². The lowest BCUT2D eigenvalue weighted by Crippen LogP contribution is -2.39. The first kappa shape index (κ1) is 7.95. The molecule has 0 bridgehead atoms. The van der Waals surface area contributed by atoms with Gasteiger partial charge >= 0.3 is 0 Å². The standard InChI is InChI=1S/C7H14N2S/c8-5-7(6(9)10)3-1-2-4-7/h1-5,8H2,(H2,9,10). The summed E-state index contributed by atoms with van der Waals surface area (Å²) in [6, 6.07) is 0. The van der Waals surface area contributed by atoms with Crippen LogP contribution in [0.5, 0.6) is 0 Å². The summed E-state index contributed by atoms with van der Waals surface area (Å²) in [7, 11) is 0. The van der Waals surface area contributed by atoms with Crippen LogP contribution in [0.15, 0.2) is 0 Å². The maximum absolute atomic E-state index is 5.60. The highest BCUT2D eigenvalue weighted by atomic mass is 32.1. The molecule has 1 fully saturated rings. The third-order valence-electron chi connectivity index (χ3n) is 2.47. The molecule has 0 atom stereocenters. The van der Waals surface area contributed by atoms with Gasteiger partial charge in [0, 0.05) is 12.0 Å². The molecular formula is C7H14N2S. The van der Waals surface area contributed by atoms with Crippen molar-refractivity contribution < 1.29 is 0 Å². The summed E-state index contributed by atoms with van der Waals surface area (Å²) in [5.74, 6) is 0. The Hall–Kier alpha value is -0.150. The minimum atomic E-state index is 0.0231. The van der Waals surface area contributed by atoms with Crippen molar-refractivity contribution in [2.45, 2.75) is 25.7 Å². The van der Waals surface area contributed by atoms with Crippen molar-refractivity contribution in [2.24, 2.45) is 16.9 Å². The molecule has 1 saturated carbocycles. The number of hydrogen-bond donors (Lipinski definition) is 2. The maximum Gasteiger partial charge on any atom is 0.0802 e. The van der Waals surface area contributed by atoms with Crippen LogP contribution in [0.3, 0.4) is 0 Å². The SMILES string of the molecule is NCC1(C(N)=S)CCCC1. The van der Waals surface area contributed by atoms with Crippen molar-refractivity contribution >= 4 is 17.2 Å². The minimum Gasteiger partial charge on any atom is -0.393 e. The number of rotatable bonds is 2. The van der Waals surface area contributed by atoms with Crippen LogP contribution in [0.1, 0.15) is 25.7 Å². The average molecular weight is 158 g/mol. The molecule has 0 amide bonds. The van der Waals surface area contributed by atoms with Crippen LogP contribution < -0.4 is 11.5 Å². The Labute approximate surface area is 67.0 Å². The van der Waals surface area contributed by atoms with Crippen LogP contribution in [-0.4, -0.2) is 11.5 Å². The monoisotopic (exact) mass is 158 g/mol. The molecule has 58 valence electrons. The first-order valence-electron chi connectivity index (χ1n) is 3.71. The van der Waals surface area contributed by atoms with Crippen molar-refractivity contribution in [3.63, 3.8) is 0 Å². The van der Waals surface area contributed by atoms with Crippen LogP contribution >= 0.6 is 12.2 Å². The van der Waals surface area contributed by atoms with Crippen LogP contribution in [0.2, 0.25) is 0 Å². The normalized spacial score (nSPS) is 22.9. The molecule has 2 nitrogen and oxygen atoms in total. The Morgan fingerprint density at radius 1 is 1.40 bits per heavy atom. The van der Waals surface area contributed by atoms with Gasteiger partial charge in [-0.2, -0.15) is 0 Å². The van der Waals surface area contributed by atoms with Gasteiger partial charge in [0.25, 0.3) is 0 Å². The van der Waals surface area contributed by atoms with E-state index < -0.39 is 0 Å². The summed E-state index contributed by atoms with van der Waals surface area (Å²) in [5.41, 5.74) is 11.2. The Bertz CT molecular complexity index is 139. The molecule has 0 aromatic rings. The molecule has 10 heavy (non-hydrogen) atoms. The molecule has 0 heterocycles. The zero-order valence-corrected chi connectivity index (χ0v) is 6.91. The molecule has 0 saturated heterocycles. The second-order valence-corrected chi connectivity index (χ2v) is 3.50. The summed E-state index contributed by atoms with van der Waals surface area (Å²) >= 11 is 4.96. The minimum absolute atomic E-state index is 0.0231. The predicted octanol–water partition coefficient (Wildman–Crippen LogP) is 0.792. The summed E-state index contributed by atoms with van der Waals surface area (Å²) in [6.45, 7) is 0.627. The smallest absolute Gasteiger partial charge is 0.0802 e. The Morgan fingerprint density at radius 3 is 2.10 bits per heavy atom. The summed E-state index contributed by atoms with van der Waals surface area (Å²) < 4.78 is 0. The van der Waals surface area contributed by atoms with Gasteiger partial charge in [-0.25, -0.2) is 0 Å². The topological polar surface area (TPSA) is 52.0 Å². The molecular weight excluding hydrogens is 144 g/mol. The highest BCUT2D eigenvalue weighted by Gasteiger charge is 2.34. The maximum atomic E-state index is 5.60. The van der Waals surface area contributed by atoms with E-state index >= 15 is 0 Å². The fraction of sp³-hybridized carbons (Fsp3) is 0.857. The van der Waals surface area contributed by atoms with Crippen molar-refractivity contribution in [3.8, 4) is 0 Å². The zero-order chi connectivity index (χ0) is 7.61. The molecule has 0 radical (unpaired) electrons. The second-order valence-electron chi connectivity index (χ2n) is 3.06. The van der Waals surface area contributed by atoms with Gasteiger partial charge in [-0.1, -0.05) is 25.1 Å². The fourth-order valence-corrected chi connectivity index (χ4v) is 1.89. The Kier molecular flexibility index (Phi) is 2.26. The summed E-state index contributed by atoms with van der Waals surface area (Å²) in [5, 5.41) is 0. The van der Waals surface area contributed by atoms with E-state index in [1.807, 2.05) is 0 Å². The van der Waals surface area contributed by atoms with E-state index in [1.165, 1.54) is 12.8 Å². The average Bonchev–Trinajstić information content (AvgIpc) is 2.35. The predicted molar refractivity (Wildman–Crippen MR) is 46.7 cm³/mol. The Balaban J connectivity index is 2.67. The molecule has 0 aromatic heterocycles. The van der Waals surface area contributed by atoms with Crippen molar-refractivity contribution in [2.75, 3.05) is 6.54 Å². The molecule has 0 aliphatic heterocycles. The van der Waals surface area contributed by atoms with Crippen LogP contribution in [-0.2, 0) is 0 Å². The first-order chi connectivity index (χ1) is 4.71. The van der Waals surface area contributed by atoms with Crippen LogP contribution in [0, 0.1) is 5.41 Å². The lowest BCUT2D eigenvalue weighted by molar-refractivity contribution is 0.451. The van der Waals surface area contributed by atoms with Gasteiger partial charge in [0.2, 0.25) is 0 Å². The van der Waals surface area contributed by atoms with Crippen molar-refractivity contribution in [1.29, 1.82) is 0 Å². The third-order valence-corrected chi connectivity index (χ3v) is 2.91. The van der Waals surface area contributed by atoms with E-state index in [4.69, 9.17) is 23.7 Å². The highest BCUT2D eigenvalue weighted by Crippen LogP contribution is 2.37. The van der Waals surface area contributed by atoms with Gasteiger partial charge in [-0.05, 0) is 12.8 Å². The molecule has 1 rings (SSSR count). The van der Waals surface area contributed by atoms with E-state index in [0.717, 1.165) is 12.8 Å².